The molecule has 4 nitrogen and oxygen atoms in total. The second-order valence-electron chi connectivity index (χ2n) is 6.72. The fourth-order valence-corrected chi connectivity index (χ4v) is 3.53. The predicted octanol–water partition coefficient (Wildman–Crippen LogP) is 5.35. The van der Waals surface area contributed by atoms with Crippen molar-refractivity contribution in [2.45, 2.75) is 26.4 Å². The van der Waals surface area contributed by atoms with Gasteiger partial charge in [-0.25, -0.2) is 4.39 Å². The molecule has 0 bridgehead atoms. The summed E-state index contributed by atoms with van der Waals surface area (Å²) in [5.41, 5.74) is 3.36. The van der Waals surface area contributed by atoms with Gasteiger partial charge in [-0.3, -0.25) is 0 Å². The minimum absolute atomic E-state index is 0.270. The van der Waals surface area contributed by atoms with Gasteiger partial charge in [0.15, 0.2) is 0 Å². The van der Waals surface area contributed by atoms with E-state index < -0.39 is 10.1 Å². The van der Waals surface area contributed by atoms with Crippen LogP contribution >= 0.6 is 0 Å². The molecule has 0 aliphatic heterocycles. The van der Waals surface area contributed by atoms with E-state index in [0.29, 0.717) is 25.2 Å². The molecule has 0 heterocycles. The van der Waals surface area contributed by atoms with Crippen LogP contribution in [0.4, 0.5) is 4.39 Å². The molecule has 2 aromatic rings. The highest BCUT2D eigenvalue weighted by atomic mass is 32.2. The zero-order valence-electron chi connectivity index (χ0n) is 16.4. The van der Waals surface area contributed by atoms with Crippen LogP contribution in [-0.2, 0) is 25.6 Å². The van der Waals surface area contributed by atoms with Crippen LogP contribution in [0.1, 0.15) is 30.9 Å². The van der Waals surface area contributed by atoms with E-state index in [9.17, 15) is 12.8 Å². The van der Waals surface area contributed by atoms with Crippen molar-refractivity contribution in [1.82, 2.24) is 0 Å². The topological polar surface area (TPSA) is 52.6 Å². The molecule has 3 rings (SSSR count). The maximum absolute atomic E-state index is 13.4. The molecule has 6 heteroatoms. The number of hydrogen-bond acceptors (Lipinski definition) is 4. The van der Waals surface area contributed by atoms with Crippen molar-refractivity contribution in [3.8, 4) is 0 Å². The van der Waals surface area contributed by atoms with E-state index in [4.69, 9.17) is 8.92 Å². The Labute approximate surface area is 171 Å². The van der Waals surface area contributed by atoms with Crippen LogP contribution in [0.3, 0.4) is 0 Å². The Kier molecular flexibility index (Phi) is 6.54. The lowest BCUT2D eigenvalue weighted by atomic mass is 10.0. The van der Waals surface area contributed by atoms with Crippen LogP contribution in [0.2, 0.25) is 0 Å². The first kappa shape index (κ1) is 20.9. The van der Waals surface area contributed by atoms with E-state index in [2.05, 4.69) is 0 Å². The van der Waals surface area contributed by atoms with Gasteiger partial charge in [0.05, 0.1) is 6.26 Å². The Hall–Kier alpha value is -2.86. The second-order valence-corrected chi connectivity index (χ2v) is 8.30. The zero-order chi connectivity index (χ0) is 20.9. The second kappa shape index (κ2) is 9.09. The van der Waals surface area contributed by atoms with Crippen molar-refractivity contribution in [3.63, 3.8) is 0 Å². The minimum atomic E-state index is -3.69. The van der Waals surface area contributed by atoms with Crippen molar-refractivity contribution >= 4 is 15.7 Å². The molecule has 0 atom stereocenters. The highest BCUT2D eigenvalue weighted by Crippen LogP contribution is 2.33. The molecule has 0 unspecified atom stereocenters. The fourth-order valence-electron chi connectivity index (χ4n) is 3.03. The number of halogens is 1. The van der Waals surface area contributed by atoms with Crippen LogP contribution in [0, 0.1) is 5.82 Å². The summed E-state index contributed by atoms with van der Waals surface area (Å²) < 4.78 is 48.3. The number of rotatable bonds is 7. The van der Waals surface area contributed by atoms with Gasteiger partial charge in [-0.2, -0.15) is 8.42 Å². The average Bonchev–Trinajstić information content (AvgIpc) is 2.85. The minimum Gasteiger partial charge on any atom is -0.488 e. The first-order chi connectivity index (χ1) is 13.9. The van der Waals surface area contributed by atoms with Gasteiger partial charge in [-0.05, 0) is 41.7 Å². The third-order valence-electron chi connectivity index (χ3n) is 4.49. The average molecular weight is 414 g/mol. The molecule has 0 spiro atoms. The summed E-state index contributed by atoms with van der Waals surface area (Å²) in [6, 6.07) is 15.8. The fraction of sp³-hybridized carbons (Fsp3) is 0.217. The molecule has 0 saturated carbocycles. The molecule has 2 aromatic carbocycles. The van der Waals surface area contributed by atoms with Gasteiger partial charge in [-0.15, -0.1) is 0 Å². The largest absolute Gasteiger partial charge is 0.488 e. The molecule has 152 valence electrons. The van der Waals surface area contributed by atoms with Crippen LogP contribution in [0.25, 0.3) is 5.57 Å². The van der Waals surface area contributed by atoms with E-state index in [1.807, 2.05) is 43.3 Å². The Bertz CT molecular complexity index is 1050. The Morgan fingerprint density at radius 1 is 1.03 bits per heavy atom. The number of ether oxygens (including phenoxy) is 1. The number of hydrogen-bond donors (Lipinski definition) is 0. The Balaban J connectivity index is 2.01. The molecule has 0 fully saturated rings. The van der Waals surface area contributed by atoms with Crippen LogP contribution in [0.5, 0.6) is 0 Å². The van der Waals surface area contributed by atoms with Crippen LogP contribution in [0.15, 0.2) is 83.8 Å². The number of allylic oxidation sites excluding steroid dienone is 4. The third kappa shape index (κ3) is 5.81. The lowest BCUT2D eigenvalue weighted by molar-refractivity contribution is 0.213. The molecule has 1 aliphatic carbocycles. The van der Waals surface area contributed by atoms with E-state index >= 15 is 0 Å². The normalized spacial score (nSPS) is 14.7. The van der Waals surface area contributed by atoms with Crippen molar-refractivity contribution in [2.75, 3.05) is 6.26 Å². The SMILES string of the molecule is CCC1=C(OS(C)(=O)=O)C=C(OCc2ccccc2)C(c2ccc(F)cc2)=CC1. The van der Waals surface area contributed by atoms with Gasteiger partial charge in [0, 0.05) is 11.6 Å². The van der Waals surface area contributed by atoms with Crippen molar-refractivity contribution in [3.05, 3.63) is 101 Å². The van der Waals surface area contributed by atoms with Gasteiger partial charge in [0.2, 0.25) is 0 Å². The molecule has 0 N–H and O–H groups in total. The first-order valence-corrected chi connectivity index (χ1v) is 11.1. The Morgan fingerprint density at radius 3 is 2.34 bits per heavy atom. The monoisotopic (exact) mass is 414 g/mol. The summed E-state index contributed by atoms with van der Waals surface area (Å²) in [6.45, 7) is 2.24. The lowest BCUT2D eigenvalue weighted by Crippen LogP contribution is -2.05. The van der Waals surface area contributed by atoms with E-state index in [-0.39, 0.29) is 11.6 Å². The molecule has 0 amide bonds. The highest BCUT2D eigenvalue weighted by molar-refractivity contribution is 7.86. The smallest absolute Gasteiger partial charge is 0.306 e. The van der Waals surface area contributed by atoms with E-state index in [1.54, 1.807) is 18.2 Å². The van der Waals surface area contributed by atoms with Crippen LogP contribution in [-0.4, -0.2) is 14.7 Å². The van der Waals surface area contributed by atoms with Crippen LogP contribution < -0.4 is 0 Å². The lowest BCUT2D eigenvalue weighted by Gasteiger charge is -2.15. The summed E-state index contributed by atoms with van der Waals surface area (Å²) in [5.74, 6) is 0.418. The first-order valence-electron chi connectivity index (χ1n) is 9.32. The maximum atomic E-state index is 13.4. The highest BCUT2D eigenvalue weighted by Gasteiger charge is 2.19. The molecular weight excluding hydrogens is 391 g/mol. The number of benzene rings is 2. The molecule has 29 heavy (non-hydrogen) atoms. The van der Waals surface area contributed by atoms with Gasteiger partial charge in [-0.1, -0.05) is 55.5 Å². The zero-order valence-corrected chi connectivity index (χ0v) is 17.2. The quantitative estimate of drug-likeness (QED) is 0.573. The van der Waals surface area contributed by atoms with Crippen molar-refractivity contribution in [2.24, 2.45) is 0 Å². The van der Waals surface area contributed by atoms with Gasteiger partial charge >= 0.3 is 10.1 Å². The van der Waals surface area contributed by atoms with Crippen molar-refractivity contribution < 1.29 is 21.7 Å². The van der Waals surface area contributed by atoms with Gasteiger partial charge in [0.25, 0.3) is 0 Å². The summed E-state index contributed by atoms with van der Waals surface area (Å²) in [4.78, 5) is 0. The van der Waals surface area contributed by atoms with E-state index in [0.717, 1.165) is 28.5 Å². The molecule has 0 radical (unpaired) electrons. The Morgan fingerprint density at radius 2 is 1.72 bits per heavy atom. The molecule has 0 saturated heterocycles. The summed E-state index contributed by atoms with van der Waals surface area (Å²) in [5, 5.41) is 0. The predicted molar refractivity (Wildman–Crippen MR) is 112 cm³/mol. The standard InChI is InChI=1S/C23H23FO4S/c1-3-18-11-14-21(19-9-12-20(24)13-10-19)23(15-22(18)28-29(2,25)26)27-16-17-7-5-4-6-8-17/h4-10,12-15H,3,11,16H2,1-2H3. The summed E-state index contributed by atoms with van der Waals surface area (Å²) in [7, 11) is -3.69. The van der Waals surface area contributed by atoms with E-state index in [1.165, 1.54) is 12.1 Å². The maximum Gasteiger partial charge on any atom is 0.306 e. The molecule has 0 aromatic heterocycles. The van der Waals surface area contributed by atoms with Crippen molar-refractivity contribution in [1.29, 1.82) is 0 Å². The summed E-state index contributed by atoms with van der Waals surface area (Å²) in [6.07, 6.45) is 5.72. The third-order valence-corrected chi connectivity index (χ3v) is 4.97. The van der Waals surface area contributed by atoms with Gasteiger partial charge < -0.3 is 8.92 Å². The molecule has 1 aliphatic rings. The van der Waals surface area contributed by atoms with Gasteiger partial charge in [0.1, 0.15) is 23.9 Å². The summed E-state index contributed by atoms with van der Waals surface area (Å²) >= 11 is 0. The molecular formula is C23H23FO4S.